The van der Waals surface area contributed by atoms with E-state index in [1.165, 1.54) is 25.7 Å². The van der Waals surface area contributed by atoms with Crippen molar-refractivity contribution >= 4 is 5.78 Å². The monoisotopic (exact) mass is 222 g/mol. The molecule has 0 aromatic rings. The molecule has 0 aromatic heterocycles. The normalized spacial score (nSPS) is 42.5. The Morgan fingerprint density at radius 1 is 1.12 bits per heavy atom. The summed E-state index contributed by atoms with van der Waals surface area (Å²) < 4.78 is 0. The highest BCUT2D eigenvalue weighted by Crippen LogP contribution is 2.55. The molecule has 0 amide bonds. The average Bonchev–Trinajstić information content (AvgIpc) is 2.19. The quantitative estimate of drug-likeness (QED) is 0.649. The lowest BCUT2D eigenvalue weighted by Crippen LogP contribution is -2.44. The minimum absolute atomic E-state index is 0.0181. The molecule has 0 aromatic carbocycles. The first-order valence-electron chi connectivity index (χ1n) is 6.86. The summed E-state index contributed by atoms with van der Waals surface area (Å²) in [5.74, 6) is 2.09. The zero-order valence-electron chi connectivity index (χ0n) is 11.3. The maximum Gasteiger partial charge on any atom is 0.135 e. The van der Waals surface area contributed by atoms with E-state index in [2.05, 4.69) is 20.8 Å². The van der Waals surface area contributed by atoms with Gasteiger partial charge in [0.2, 0.25) is 0 Å². The molecule has 3 atom stereocenters. The predicted octanol–water partition coefficient (Wildman–Crippen LogP) is 4.21. The molecule has 3 unspecified atom stereocenters. The summed E-state index contributed by atoms with van der Waals surface area (Å²) in [5.41, 5.74) is 0.440. The van der Waals surface area contributed by atoms with E-state index < -0.39 is 0 Å². The molecule has 2 fully saturated rings. The number of Topliss-reactive ketones (excluding diaryl/α,β-unsaturated/α-hetero) is 1. The SMILES string of the molecule is CC(=O)C1(C)CCC2CCCC(C)(C)C2C1. The molecule has 0 bridgehead atoms. The zero-order chi connectivity index (χ0) is 12.0. The molecule has 0 aliphatic heterocycles. The van der Waals surface area contributed by atoms with Crippen LogP contribution in [0.1, 0.15) is 66.2 Å². The zero-order valence-corrected chi connectivity index (χ0v) is 11.3. The molecule has 2 saturated carbocycles. The van der Waals surface area contributed by atoms with Gasteiger partial charge in [-0.1, -0.05) is 33.6 Å². The molecule has 2 aliphatic carbocycles. The van der Waals surface area contributed by atoms with Gasteiger partial charge >= 0.3 is 0 Å². The van der Waals surface area contributed by atoms with Crippen LogP contribution < -0.4 is 0 Å². The van der Waals surface area contributed by atoms with E-state index in [1.807, 2.05) is 0 Å². The van der Waals surface area contributed by atoms with Crippen LogP contribution in [0.15, 0.2) is 0 Å². The highest BCUT2D eigenvalue weighted by molar-refractivity contribution is 5.82. The molecule has 0 N–H and O–H groups in total. The molecule has 0 spiro atoms. The molecular weight excluding hydrogens is 196 g/mol. The summed E-state index contributed by atoms with van der Waals surface area (Å²) in [6.07, 6.45) is 7.69. The smallest absolute Gasteiger partial charge is 0.135 e. The fraction of sp³-hybridized carbons (Fsp3) is 0.933. The lowest BCUT2D eigenvalue weighted by atomic mass is 9.53. The highest BCUT2D eigenvalue weighted by Gasteiger charge is 2.47. The van der Waals surface area contributed by atoms with Crippen molar-refractivity contribution in [2.24, 2.45) is 22.7 Å². The molecule has 2 aliphatic rings. The Morgan fingerprint density at radius 3 is 2.44 bits per heavy atom. The van der Waals surface area contributed by atoms with Crippen LogP contribution in [-0.4, -0.2) is 5.78 Å². The predicted molar refractivity (Wildman–Crippen MR) is 67.3 cm³/mol. The third kappa shape index (κ3) is 1.94. The Hall–Kier alpha value is -0.330. The number of carbonyl (C=O) groups is 1. The second kappa shape index (κ2) is 3.85. The van der Waals surface area contributed by atoms with Crippen LogP contribution in [0, 0.1) is 22.7 Å². The first-order valence-corrected chi connectivity index (χ1v) is 6.86. The van der Waals surface area contributed by atoms with Gasteiger partial charge in [0.1, 0.15) is 5.78 Å². The van der Waals surface area contributed by atoms with Crippen molar-refractivity contribution in [3.8, 4) is 0 Å². The first-order chi connectivity index (χ1) is 7.35. The van der Waals surface area contributed by atoms with Crippen LogP contribution in [0.4, 0.5) is 0 Å². The number of hydrogen-bond donors (Lipinski definition) is 0. The number of rotatable bonds is 1. The second-order valence-corrected chi connectivity index (χ2v) is 7.11. The third-order valence-electron chi connectivity index (χ3n) is 5.56. The van der Waals surface area contributed by atoms with Gasteiger partial charge in [-0.3, -0.25) is 4.79 Å². The van der Waals surface area contributed by atoms with Gasteiger partial charge in [0.25, 0.3) is 0 Å². The van der Waals surface area contributed by atoms with Crippen molar-refractivity contribution in [1.82, 2.24) is 0 Å². The highest BCUT2D eigenvalue weighted by atomic mass is 16.1. The first kappa shape index (κ1) is 12.1. The summed E-state index contributed by atoms with van der Waals surface area (Å²) in [7, 11) is 0. The maximum absolute atomic E-state index is 11.8. The Balaban J connectivity index is 2.19. The summed E-state index contributed by atoms with van der Waals surface area (Å²) >= 11 is 0. The molecule has 16 heavy (non-hydrogen) atoms. The van der Waals surface area contributed by atoms with Gasteiger partial charge < -0.3 is 0 Å². The summed E-state index contributed by atoms with van der Waals surface area (Å²) in [6, 6.07) is 0. The maximum atomic E-state index is 11.8. The van der Waals surface area contributed by atoms with E-state index in [0.29, 0.717) is 11.2 Å². The summed E-state index contributed by atoms with van der Waals surface area (Å²) in [6.45, 7) is 8.80. The van der Waals surface area contributed by atoms with Crippen LogP contribution in [0.25, 0.3) is 0 Å². The minimum atomic E-state index is -0.0181. The standard InChI is InChI=1S/C15H26O/c1-11(16)15(4)9-7-12-6-5-8-14(2,3)13(12)10-15/h12-13H,5-10H2,1-4H3. The molecule has 0 saturated heterocycles. The lowest BCUT2D eigenvalue weighted by molar-refractivity contribution is -0.131. The molecule has 1 nitrogen and oxygen atoms in total. The Bertz CT molecular complexity index is 292. The van der Waals surface area contributed by atoms with E-state index in [9.17, 15) is 4.79 Å². The van der Waals surface area contributed by atoms with Gasteiger partial charge in [-0.25, -0.2) is 0 Å². The van der Waals surface area contributed by atoms with Crippen LogP contribution in [0.5, 0.6) is 0 Å². The van der Waals surface area contributed by atoms with Gasteiger partial charge in [-0.15, -0.1) is 0 Å². The van der Waals surface area contributed by atoms with E-state index in [4.69, 9.17) is 0 Å². The third-order valence-corrected chi connectivity index (χ3v) is 5.56. The second-order valence-electron chi connectivity index (χ2n) is 7.11. The van der Waals surface area contributed by atoms with Crippen molar-refractivity contribution in [3.63, 3.8) is 0 Å². The van der Waals surface area contributed by atoms with Gasteiger partial charge in [0.05, 0.1) is 0 Å². The van der Waals surface area contributed by atoms with E-state index >= 15 is 0 Å². The van der Waals surface area contributed by atoms with Crippen molar-refractivity contribution in [2.45, 2.75) is 66.2 Å². The Morgan fingerprint density at radius 2 is 1.81 bits per heavy atom. The molecule has 92 valence electrons. The fourth-order valence-corrected chi connectivity index (χ4v) is 4.04. The van der Waals surface area contributed by atoms with E-state index in [0.717, 1.165) is 24.7 Å². The van der Waals surface area contributed by atoms with Gasteiger partial charge in [0, 0.05) is 5.41 Å². The topological polar surface area (TPSA) is 17.1 Å². The molecule has 0 heterocycles. The fourth-order valence-electron chi connectivity index (χ4n) is 4.04. The molecular formula is C15H26O. The average molecular weight is 222 g/mol. The van der Waals surface area contributed by atoms with E-state index in [-0.39, 0.29) is 5.41 Å². The van der Waals surface area contributed by atoms with E-state index in [1.54, 1.807) is 6.92 Å². The van der Waals surface area contributed by atoms with Gasteiger partial charge in [0.15, 0.2) is 0 Å². The number of carbonyl (C=O) groups excluding carboxylic acids is 1. The summed E-state index contributed by atoms with van der Waals surface area (Å²) in [4.78, 5) is 11.8. The van der Waals surface area contributed by atoms with Crippen molar-refractivity contribution in [1.29, 1.82) is 0 Å². The minimum Gasteiger partial charge on any atom is -0.299 e. The van der Waals surface area contributed by atoms with Crippen LogP contribution in [0.3, 0.4) is 0 Å². The number of hydrogen-bond acceptors (Lipinski definition) is 1. The van der Waals surface area contributed by atoms with Gasteiger partial charge in [-0.2, -0.15) is 0 Å². The molecule has 2 rings (SSSR count). The Kier molecular flexibility index (Phi) is 2.92. The van der Waals surface area contributed by atoms with Crippen LogP contribution in [0.2, 0.25) is 0 Å². The number of fused-ring (bicyclic) bond motifs is 1. The van der Waals surface area contributed by atoms with Crippen molar-refractivity contribution in [2.75, 3.05) is 0 Å². The van der Waals surface area contributed by atoms with Crippen LogP contribution >= 0.6 is 0 Å². The number of ketones is 1. The van der Waals surface area contributed by atoms with Crippen LogP contribution in [-0.2, 0) is 4.79 Å². The molecule has 0 radical (unpaired) electrons. The van der Waals surface area contributed by atoms with Crippen molar-refractivity contribution in [3.05, 3.63) is 0 Å². The van der Waals surface area contributed by atoms with Crippen molar-refractivity contribution < 1.29 is 4.79 Å². The Labute approximate surface area is 100.0 Å². The molecule has 1 heteroatoms. The lowest BCUT2D eigenvalue weighted by Gasteiger charge is -2.51. The van der Waals surface area contributed by atoms with Gasteiger partial charge in [-0.05, 0) is 49.9 Å². The largest absolute Gasteiger partial charge is 0.299 e. The summed E-state index contributed by atoms with van der Waals surface area (Å²) in [5, 5.41) is 0.